The lowest BCUT2D eigenvalue weighted by molar-refractivity contribution is -0.158. The highest BCUT2D eigenvalue weighted by molar-refractivity contribution is 5.98. The molecule has 3 aromatic rings. The van der Waals surface area contributed by atoms with Crippen molar-refractivity contribution in [2.45, 2.75) is 33.3 Å². The lowest BCUT2D eigenvalue weighted by atomic mass is 9.79. The van der Waals surface area contributed by atoms with Gasteiger partial charge in [-0.15, -0.1) is 0 Å². The number of amides is 1. The third-order valence-electron chi connectivity index (χ3n) is 4.87. The van der Waals surface area contributed by atoms with Crippen LogP contribution in [0.3, 0.4) is 0 Å². The van der Waals surface area contributed by atoms with Gasteiger partial charge in [-0.05, 0) is 35.9 Å². The maximum Gasteiger partial charge on any atom is 0.303 e. The van der Waals surface area contributed by atoms with E-state index in [1.54, 1.807) is 18.6 Å². The Kier molecular flexibility index (Phi) is 5.49. The average molecular weight is 379 g/mol. The first-order valence-electron chi connectivity index (χ1n) is 9.39. The predicted molar refractivity (Wildman–Crippen MR) is 108 cm³/mol. The Morgan fingerprint density at radius 1 is 1.18 bits per heavy atom. The molecule has 2 N–H and O–H groups in total. The third-order valence-corrected chi connectivity index (χ3v) is 4.87. The van der Waals surface area contributed by atoms with Crippen molar-refractivity contribution in [3.05, 3.63) is 65.7 Å². The number of imidazole rings is 1. The standard InChI is InChI=1S/C22H25N3O3/c1-5-24-21(27)18-7-6-17-11-19(9-8-16(17)10-18)22(14(2)3,28-15(4)26)20-12-23-13-25-20/h6-14H,5H2,1-4H3,(H,23,25)(H,24,27). The van der Waals surface area contributed by atoms with E-state index >= 15 is 0 Å². The van der Waals surface area contributed by atoms with Gasteiger partial charge in [-0.25, -0.2) is 4.98 Å². The molecule has 0 aliphatic rings. The van der Waals surface area contributed by atoms with Crippen LogP contribution in [0.5, 0.6) is 0 Å². The normalized spacial score (nSPS) is 13.3. The van der Waals surface area contributed by atoms with Crippen LogP contribution in [0.15, 0.2) is 48.9 Å². The molecule has 0 bridgehead atoms. The maximum absolute atomic E-state index is 12.1. The molecule has 0 aliphatic heterocycles. The number of H-pyrrole nitrogens is 1. The first-order valence-corrected chi connectivity index (χ1v) is 9.39. The Morgan fingerprint density at radius 2 is 1.89 bits per heavy atom. The molecule has 1 unspecified atom stereocenters. The van der Waals surface area contributed by atoms with Gasteiger partial charge in [0, 0.05) is 36.7 Å². The largest absolute Gasteiger partial charge is 0.447 e. The molecule has 3 rings (SSSR count). The van der Waals surface area contributed by atoms with E-state index in [1.165, 1.54) is 6.92 Å². The zero-order valence-electron chi connectivity index (χ0n) is 16.6. The van der Waals surface area contributed by atoms with E-state index in [1.807, 2.05) is 51.1 Å². The van der Waals surface area contributed by atoms with Gasteiger partial charge in [0.15, 0.2) is 5.60 Å². The van der Waals surface area contributed by atoms with Gasteiger partial charge in [0.1, 0.15) is 5.69 Å². The zero-order valence-corrected chi connectivity index (χ0v) is 16.6. The van der Waals surface area contributed by atoms with E-state index in [0.29, 0.717) is 17.8 Å². The smallest absolute Gasteiger partial charge is 0.303 e. The SMILES string of the molecule is CCNC(=O)c1ccc2cc(C(OC(C)=O)(c3c[nH]cn3)C(C)C)ccc2c1. The van der Waals surface area contributed by atoms with Crippen LogP contribution in [0.4, 0.5) is 0 Å². The van der Waals surface area contributed by atoms with Crippen LogP contribution in [0.2, 0.25) is 0 Å². The highest BCUT2D eigenvalue weighted by Crippen LogP contribution is 2.40. The number of ether oxygens (including phenoxy) is 1. The monoisotopic (exact) mass is 379 g/mol. The summed E-state index contributed by atoms with van der Waals surface area (Å²) in [5.74, 6) is -0.517. The van der Waals surface area contributed by atoms with Crippen molar-refractivity contribution >= 4 is 22.6 Å². The number of carbonyl (C=O) groups excluding carboxylic acids is 2. The number of benzene rings is 2. The van der Waals surface area contributed by atoms with E-state index in [4.69, 9.17) is 4.74 Å². The molecule has 0 saturated heterocycles. The van der Waals surface area contributed by atoms with E-state index in [0.717, 1.165) is 16.3 Å². The molecule has 1 aromatic heterocycles. The number of hydrogen-bond acceptors (Lipinski definition) is 4. The molecule has 1 heterocycles. The van der Waals surface area contributed by atoms with E-state index in [9.17, 15) is 9.59 Å². The van der Waals surface area contributed by atoms with E-state index < -0.39 is 5.60 Å². The van der Waals surface area contributed by atoms with Crippen molar-refractivity contribution in [3.8, 4) is 0 Å². The van der Waals surface area contributed by atoms with Gasteiger partial charge >= 0.3 is 5.97 Å². The molecule has 0 aliphatic carbocycles. The molecule has 2 aromatic carbocycles. The number of carbonyl (C=O) groups is 2. The molecule has 1 amide bonds. The number of nitrogens with one attached hydrogen (secondary N) is 2. The molecule has 1 atom stereocenters. The molecule has 6 nitrogen and oxygen atoms in total. The highest BCUT2D eigenvalue weighted by Gasteiger charge is 2.43. The van der Waals surface area contributed by atoms with Crippen LogP contribution in [-0.4, -0.2) is 28.4 Å². The number of esters is 1. The first-order chi connectivity index (χ1) is 13.4. The van der Waals surface area contributed by atoms with E-state index in [-0.39, 0.29) is 17.8 Å². The molecule has 0 saturated carbocycles. The minimum Gasteiger partial charge on any atom is -0.447 e. The van der Waals surface area contributed by atoms with Gasteiger partial charge in [0.25, 0.3) is 5.91 Å². The van der Waals surface area contributed by atoms with Gasteiger partial charge < -0.3 is 15.0 Å². The summed E-state index contributed by atoms with van der Waals surface area (Å²) in [7, 11) is 0. The topological polar surface area (TPSA) is 84.1 Å². The Hall–Kier alpha value is -3.15. The number of aromatic amines is 1. The summed E-state index contributed by atoms with van der Waals surface area (Å²) in [5, 5.41) is 4.71. The van der Waals surface area contributed by atoms with Gasteiger partial charge in [-0.3, -0.25) is 9.59 Å². The Morgan fingerprint density at radius 3 is 2.50 bits per heavy atom. The van der Waals surface area contributed by atoms with E-state index in [2.05, 4.69) is 15.3 Å². The number of aromatic nitrogens is 2. The number of fused-ring (bicyclic) bond motifs is 1. The zero-order chi connectivity index (χ0) is 20.3. The Balaban J connectivity index is 2.14. The van der Waals surface area contributed by atoms with Gasteiger partial charge in [0.2, 0.25) is 0 Å². The fraction of sp³-hybridized carbons (Fsp3) is 0.318. The molecule has 6 heteroatoms. The second-order valence-corrected chi connectivity index (χ2v) is 7.07. The molecule has 0 fully saturated rings. The lowest BCUT2D eigenvalue weighted by Gasteiger charge is -2.36. The van der Waals surface area contributed by atoms with Crippen LogP contribution >= 0.6 is 0 Å². The van der Waals surface area contributed by atoms with Crippen molar-refractivity contribution in [2.75, 3.05) is 6.54 Å². The van der Waals surface area contributed by atoms with Crippen molar-refractivity contribution in [3.63, 3.8) is 0 Å². The van der Waals surface area contributed by atoms with Gasteiger partial charge in [-0.1, -0.05) is 32.0 Å². The van der Waals surface area contributed by atoms with Gasteiger partial charge in [-0.2, -0.15) is 0 Å². The van der Waals surface area contributed by atoms with Crippen molar-refractivity contribution in [2.24, 2.45) is 5.92 Å². The summed E-state index contributed by atoms with van der Waals surface area (Å²) in [6.45, 7) is 7.88. The minimum atomic E-state index is -1.00. The number of nitrogens with zero attached hydrogens (tertiary/aromatic N) is 1. The molecular weight excluding hydrogens is 354 g/mol. The first kappa shape index (κ1) is 19.6. The lowest BCUT2D eigenvalue weighted by Crippen LogP contribution is -2.38. The Labute approximate surface area is 164 Å². The van der Waals surface area contributed by atoms with Gasteiger partial charge in [0.05, 0.1) is 6.33 Å². The van der Waals surface area contributed by atoms with Crippen LogP contribution in [-0.2, 0) is 15.1 Å². The quantitative estimate of drug-likeness (QED) is 0.639. The fourth-order valence-electron chi connectivity index (χ4n) is 3.58. The Bertz CT molecular complexity index is 995. The van der Waals surface area contributed by atoms with Crippen molar-refractivity contribution in [1.82, 2.24) is 15.3 Å². The summed E-state index contributed by atoms with van der Waals surface area (Å²) < 4.78 is 5.89. The van der Waals surface area contributed by atoms with Crippen LogP contribution in [0.25, 0.3) is 10.8 Å². The molecular formula is C22H25N3O3. The van der Waals surface area contributed by atoms with Crippen LogP contribution in [0.1, 0.15) is 49.3 Å². The van der Waals surface area contributed by atoms with Crippen LogP contribution < -0.4 is 5.32 Å². The maximum atomic E-state index is 12.1. The predicted octanol–water partition coefficient (Wildman–Crippen LogP) is 3.78. The average Bonchev–Trinajstić information content (AvgIpc) is 3.20. The molecule has 146 valence electrons. The summed E-state index contributed by atoms with van der Waals surface area (Å²) in [5.41, 5.74) is 1.10. The molecule has 0 radical (unpaired) electrons. The van der Waals surface area contributed by atoms with Crippen LogP contribution in [0, 0.1) is 5.92 Å². The summed E-state index contributed by atoms with van der Waals surface area (Å²) in [6.07, 6.45) is 3.33. The second kappa shape index (κ2) is 7.84. The number of hydrogen-bond donors (Lipinski definition) is 2. The fourth-order valence-corrected chi connectivity index (χ4v) is 3.58. The summed E-state index contributed by atoms with van der Waals surface area (Å²) in [4.78, 5) is 31.4. The summed E-state index contributed by atoms with van der Waals surface area (Å²) >= 11 is 0. The summed E-state index contributed by atoms with van der Waals surface area (Å²) in [6, 6.07) is 11.4. The second-order valence-electron chi connectivity index (χ2n) is 7.07. The highest BCUT2D eigenvalue weighted by atomic mass is 16.6. The van der Waals surface area contributed by atoms with Crippen molar-refractivity contribution in [1.29, 1.82) is 0 Å². The van der Waals surface area contributed by atoms with Crippen molar-refractivity contribution < 1.29 is 14.3 Å². The third kappa shape index (κ3) is 3.50. The molecule has 0 spiro atoms. The minimum absolute atomic E-state index is 0.0493. The number of rotatable bonds is 6. The molecule has 28 heavy (non-hydrogen) atoms.